The fourth-order valence-corrected chi connectivity index (χ4v) is 6.38. The van der Waals surface area contributed by atoms with Gasteiger partial charge in [0.15, 0.2) is 5.78 Å². The van der Waals surface area contributed by atoms with E-state index in [9.17, 15) is 19.5 Å². The molecule has 2 heterocycles. The zero-order chi connectivity index (χ0) is 26.9. The number of hydrogen-bond acceptors (Lipinski definition) is 7. The fourth-order valence-electron chi connectivity index (χ4n) is 5.25. The highest BCUT2D eigenvalue weighted by Crippen LogP contribution is 2.38. The van der Waals surface area contributed by atoms with Gasteiger partial charge in [-0.3, -0.25) is 19.4 Å². The SMILES string of the molecule is O=C1Cc2ccccc2C(O)=C1C1=NN(C(=O)CNN2C(=O)CSC2c2ccccc2)C(c2ccccc2)C1. The molecule has 3 aliphatic rings. The molecule has 1 saturated heterocycles. The van der Waals surface area contributed by atoms with Crippen LogP contribution in [0.25, 0.3) is 5.76 Å². The number of fused-ring (bicyclic) bond motifs is 1. The van der Waals surface area contributed by atoms with E-state index >= 15 is 0 Å². The van der Waals surface area contributed by atoms with Crippen molar-refractivity contribution in [2.24, 2.45) is 5.10 Å². The van der Waals surface area contributed by atoms with Crippen molar-refractivity contribution < 1.29 is 19.5 Å². The van der Waals surface area contributed by atoms with Crippen LogP contribution in [0.2, 0.25) is 0 Å². The van der Waals surface area contributed by atoms with Gasteiger partial charge in [-0.2, -0.15) is 5.10 Å². The van der Waals surface area contributed by atoms with Gasteiger partial charge >= 0.3 is 0 Å². The number of hydrazine groups is 1. The van der Waals surface area contributed by atoms with Crippen LogP contribution in [-0.2, 0) is 20.8 Å². The molecule has 2 aliphatic heterocycles. The summed E-state index contributed by atoms with van der Waals surface area (Å²) >= 11 is 1.50. The quantitative estimate of drug-likeness (QED) is 0.488. The van der Waals surface area contributed by atoms with Crippen molar-refractivity contribution in [3.05, 3.63) is 113 Å². The summed E-state index contributed by atoms with van der Waals surface area (Å²) in [6.45, 7) is -0.155. The molecular formula is C30H26N4O4S. The molecule has 0 radical (unpaired) electrons. The average molecular weight is 539 g/mol. The minimum atomic E-state index is -0.450. The van der Waals surface area contributed by atoms with Gasteiger partial charge in [-0.05, 0) is 16.7 Å². The van der Waals surface area contributed by atoms with Crippen LogP contribution >= 0.6 is 11.8 Å². The van der Waals surface area contributed by atoms with E-state index in [2.05, 4.69) is 10.5 Å². The monoisotopic (exact) mass is 538 g/mol. The molecule has 0 saturated carbocycles. The zero-order valence-corrected chi connectivity index (χ0v) is 21.8. The van der Waals surface area contributed by atoms with E-state index in [-0.39, 0.29) is 53.7 Å². The molecular weight excluding hydrogens is 512 g/mol. The van der Waals surface area contributed by atoms with E-state index in [0.29, 0.717) is 17.0 Å². The maximum atomic E-state index is 13.6. The van der Waals surface area contributed by atoms with Crippen molar-refractivity contribution in [1.82, 2.24) is 15.4 Å². The number of hydrogen-bond donors (Lipinski definition) is 2. The van der Waals surface area contributed by atoms with Crippen LogP contribution in [0.15, 0.2) is 95.6 Å². The second-order valence-corrected chi connectivity index (χ2v) is 10.6. The van der Waals surface area contributed by atoms with E-state index in [4.69, 9.17) is 0 Å². The predicted octanol–water partition coefficient (Wildman–Crippen LogP) is 4.19. The molecule has 2 unspecified atom stereocenters. The van der Waals surface area contributed by atoms with Crippen LogP contribution in [0.3, 0.4) is 0 Å². The number of aliphatic hydroxyl groups is 1. The van der Waals surface area contributed by atoms with Crippen LogP contribution in [0, 0.1) is 0 Å². The number of Topliss-reactive ketones (excluding diaryl/α,β-unsaturated/α-hetero) is 1. The molecule has 196 valence electrons. The number of rotatable bonds is 6. The Morgan fingerprint density at radius 3 is 2.36 bits per heavy atom. The van der Waals surface area contributed by atoms with Gasteiger partial charge in [-0.25, -0.2) is 10.4 Å². The second-order valence-electron chi connectivity index (χ2n) is 9.57. The first-order chi connectivity index (χ1) is 19.0. The van der Waals surface area contributed by atoms with Gasteiger partial charge in [0, 0.05) is 18.4 Å². The largest absolute Gasteiger partial charge is 0.506 e. The molecule has 3 aromatic rings. The molecule has 2 atom stereocenters. The van der Waals surface area contributed by atoms with Crippen molar-refractivity contribution in [1.29, 1.82) is 0 Å². The van der Waals surface area contributed by atoms with Gasteiger partial charge in [0.2, 0.25) is 5.91 Å². The minimum Gasteiger partial charge on any atom is -0.506 e. The van der Waals surface area contributed by atoms with Crippen LogP contribution in [-0.4, -0.2) is 50.7 Å². The standard InChI is InChI=1S/C30H26N4O4S/c35-25-15-21-13-7-8-14-22(21)29(38)28(25)23-16-24(19-9-3-1-4-10-19)33(32-23)26(36)17-31-34-27(37)18-39-30(34)20-11-5-2-6-12-20/h1-14,24,30-31,38H,15-18H2. The highest BCUT2D eigenvalue weighted by molar-refractivity contribution is 8.00. The summed E-state index contributed by atoms with van der Waals surface area (Å²) in [5.74, 6) is -0.469. The van der Waals surface area contributed by atoms with Crippen molar-refractivity contribution in [3.8, 4) is 0 Å². The zero-order valence-electron chi connectivity index (χ0n) is 21.0. The summed E-state index contributed by atoms with van der Waals surface area (Å²) in [6.07, 6.45) is 0.448. The van der Waals surface area contributed by atoms with Crippen LogP contribution in [0.1, 0.15) is 40.1 Å². The Labute approximate surface area is 230 Å². The summed E-state index contributed by atoms with van der Waals surface area (Å²) in [7, 11) is 0. The molecule has 0 bridgehead atoms. The number of amides is 2. The lowest BCUT2D eigenvalue weighted by Gasteiger charge is -2.27. The summed E-state index contributed by atoms with van der Waals surface area (Å²) in [5.41, 5.74) is 6.77. The Kier molecular flexibility index (Phi) is 6.76. The van der Waals surface area contributed by atoms with Gasteiger partial charge in [-0.1, -0.05) is 84.9 Å². The van der Waals surface area contributed by atoms with E-state index in [1.807, 2.05) is 78.9 Å². The Morgan fingerprint density at radius 1 is 0.949 bits per heavy atom. The summed E-state index contributed by atoms with van der Waals surface area (Å²) in [4.78, 5) is 39.3. The highest BCUT2D eigenvalue weighted by Gasteiger charge is 2.39. The Morgan fingerprint density at radius 2 is 1.62 bits per heavy atom. The van der Waals surface area contributed by atoms with Crippen molar-refractivity contribution in [2.45, 2.75) is 24.3 Å². The lowest BCUT2D eigenvalue weighted by Crippen LogP contribution is -2.46. The molecule has 6 rings (SSSR count). The maximum Gasteiger partial charge on any atom is 0.259 e. The molecule has 8 nitrogen and oxygen atoms in total. The molecule has 39 heavy (non-hydrogen) atoms. The third kappa shape index (κ3) is 4.75. The third-order valence-electron chi connectivity index (χ3n) is 7.13. The summed E-state index contributed by atoms with van der Waals surface area (Å²) in [6, 6.07) is 26.0. The minimum absolute atomic E-state index is 0.103. The van der Waals surface area contributed by atoms with Gasteiger partial charge in [0.25, 0.3) is 5.91 Å². The number of carbonyl (C=O) groups is 3. The van der Waals surface area contributed by atoms with Gasteiger partial charge < -0.3 is 5.11 Å². The Balaban J connectivity index is 1.28. The molecule has 9 heteroatoms. The van der Waals surface area contributed by atoms with Gasteiger partial charge in [0.05, 0.1) is 29.6 Å². The van der Waals surface area contributed by atoms with Gasteiger partial charge in [0.1, 0.15) is 11.1 Å². The van der Waals surface area contributed by atoms with Crippen molar-refractivity contribution in [2.75, 3.05) is 12.3 Å². The first-order valence-electron chi connectivity index (χ1n) is 12.7. The van der Waals surface area contributed by atoms with Crippen LogP contribution < -0.4 is 5.43 Å². The predicted molar refractivity (Wildman–Crippen MR) is 149 cm³/mol. The van der Waals surface area contributed by atoms with E-state index in [0.717, 1.165) is 16.7 Å². The van der Waals surface area contributed by atoms with E-state index in [1.54, 1.807) is 6.07 Å². The molecule has 1 aliphatic carbocycles. The van der Waals surface area contributed by atoms with Crippen LogP contribution in [0.5, 0.6) is 0 Å². The van der Waals surface area contributed by atoms with E-state index in [1.165, 1.54) is 21.8 Å². The number of thioether (sulfide) groups is 1. The normalized spacial score (nSPS) is 20.9. The fraction of sp³-hybridized carbons (Fsp3) is 0.200. The molecule has 2 amide bonds. The lowest BCUT2D eigenvalue weighted by atomic mass is 9.85. The van der Waals surface area contributed by atoms with Crippen molar-refractivity contribution in [3.63, 3.8) is 0 Å². The van der Waals surface area contributed by atoms with Crippen molar-refractivity contribution >= 4 is 40.8 Å². The van der Waals surface area contributed by atoms with E-state index < -0.39 is 6.04 Å². The first-order valence-corrected chi connectivity index (χ1v) is 13.8. The third-order valence-corrected chi connectivity index (χ3v) is 8.34. The first kappa shape index (κ1) is 25.1. The molecule has 0 aromatic heterocycles. The molecule has 3 aromatic carbocycles. The molecule has 1 fully saturated rings. The maximum absolute atomic E-state index is 13.6. The smallest absolute Gasteiger partial charge is 0.259 e. The number of ketones is 1. The number of hydrazone groups is 1. The number of carbonyl (C=O) groups excluding carboxylic acids is 3. The average Bonchev–Trinajstić information content (AvgIpc) is 3.56. The number of aliphatic hydroxyl groups excluding tert-OH is 1. The number of nitrogens with one attached hydrogen (secondary N) is 1. The lowest BCUT2D eigenvalue weighted by molar-refractivity contribution is -0.136. The number of nitrogens with zero attached hydrogens (tertiary/aromatic N) is 3. The second kappa shape index (κ2) is 10.5. The van der Waals surface area contributed by atoms with Gasteiger partial charge in [-0.15, -0.1) is 11.8 Å². The summed E-state index contributed by atoms with van der Waals surface area (Å²) < 4.78 is 0. The Bertz CT molecular complexity index is 1510. The number of allylic oxidation sites excluding steroid dienone is 1. The summed E-state index contributed by atoms with van der Waals surface area (Å²) in [5, 5.41) is 18.3. The molecule has 0 spiro atoms. The highest BCUT2D eigenvalue weighted by atomic mass is 32.2. The Hall–Kier alpha value is -4.21. The number of benzene rings is 3. The molecule has 2 N–H and O–H groups in total. The van der Waals surface area contributed by atoms with Crippen LogP contribution in [0.4, 0.5) is 0 Å². The topological polar surface area (TPSA) is 102 Å².